The smallest absolute Gasteiger partial charge is 0.354 e. The van der Waals surface area contributed by atoms with Gasteiger partial charge in [-0.1, -0.05) is 36.7 Å². The number of anilines is 2. The Labute approximate surface area is 178 Å². The normalized spacial score (nSPS) is 15.7. The first-order chi connectivity index (χ1) is 14.3. The summed E-state index contributed by atoms with van der Waals surface area (Å²) >= 11 is 6.08. The second-order valence-electron chi connectivity index (χ2n) is 7.20. The van der Waals surface area contributed by atoms with Gasteiger partial charge in [0.05, 0.1) is 17.1 Å². The zero-order valence-corrected chi connectivity index (χ0v) is 17.4. The highest BCUT2D eigenvalue weighted by Gasteiger charge is 2.32. The molecule has 1 amide bonds. The number of aromatic nitrogens is 1. The summed E-state index contributed by atoms with van der Waals surface area (Å²) in [6.07, 6.45) is -2.09. The Hall–Kier alpha value is -2.32. The summed E-state index contributed by atoms with van der Waals surface area (Å²) in [5.74, 6) is 0.253. The molecule has 0 radical (unpaired) electrons. The van der Waals surface area contributed by atoms with Crippen LogP contribution in [-0.2, 0) is 17.4 Å². The van der Waals surface area contributed by atoms with Gasteiger partial charge in [-0.25, -0.2) is 4.98 Å². The first-order valence-corrected chi connectivity index (χ1v) is 10.2. The van der Waals surface area contributed by atoms with Crippen molar-refractivity contribution < 1.29 is 18.0 Å². The molecule has 0 saturated carbocycles. The SMILES string of the molecule is CCc1ccccc1NC(=O)CN1CCCN(c2ncc(C(F)(F)F)cc2Cl)CC1. The van der Waals surface area contributed by atoms with Crippen molar-refractivity contribution in [2.45, 2.75) is 25.9 Å². The van der Waals surface area contributed by atoms with Gasteiger partial charge in [0, 0.05) is 38.1 Å². The molecule has 0 spiro atoms. The zero-order valence-electron chi connectivity index (χ0n) is 16.7. The van der Waals surface area contributed by atoms with Crippen molar-refractivity contribution in [2.24, 2.45) is 0 Å². The molecule has 2 aromatic rings. The van der Waals surface area contributed by atoms with Crippen LogP contribution in [0.1, 0.15) is 24.5 Å². The minimum atomic E-state index is -4.48. The molecule has 1 fully saturated rings. The predicted octanol–water partition coefficient (Wildman–Crippen LogP) is 4.47. The van der Waals surface area contributed by atoms with Gasteiger partial charge in [0.1, 0.15) is 5.82 Å². The van der Waals surface area contributed by atoms with E-state index in [0.29, 0.717) is 32.0 Å². The minimum Gasteiger partial charge on any atom is -0.354 e. The quantitative estimate of drug-likeness (QED) is 0.745. The highest BCUT2D eigenvalue weighted by atomic mass is 35.5. The number of para-hydroxylation sites is 1. The van der Waals surface area contributed by atoms with Crippen LogP contribution in [0.5, 0.6) is 0 Å². The van der Waals surface area contributed by atoms with E-state index >= 15 is 0 Å². The van der Waals surface area contributed by atoms with Crippen LogP contribution in [0.25, 0.3) is 0 Å². The van der Waals surface area contributed by atoms with Crippen LogP contribution >= 0.6 is 11.6 Å². The van der Waals surface area contributed by atoms with Crippen LogP contribution in [0.15, 0.2) is 36.5 Å². The molecule has 5 nitrogen and oxygen atoms in total. The van der Waals surface area contributed by atoms with Crippen LogP contribution in [-0.4, -0.2) is 48.5 Å². The monoisotopic (exact) mass is 440 g/mol. The molecule has 0 bridgehead atoms. The Morgan fingerprint density at radius 2 is 1.97 bits per heavy atom. The highest BCUT2D eigenvalue weighted by Crippen LogP contribution is 2.33. The molecule has 0 unspecified atom stereocenters. The van der Waals surface area contributed by atoms with Crippen molar-refractivity contribution in [1.82, 2.24) is 9.88 Å². The first kappa shape index (κ1) is 22.4. The van der Waals surface area contributed by atoms with Gasteiger partial charge >= 0.3 is 6.18 Å². The highest BCUT2D eigenvalue weighted by molar-refractivity contribution is 6.33. The second kappa shape index (κ2) is 9.66. The molecule has 9 heteroatoms. The maximum atomic E-state index is 12.8. The number of carbonyl (C=O) groups is 1. The average Bonchev–Trinajstić information content (AvgIpc) is 2.93. The number of benzene rings is 1. The van der Waals surface area contributed by atoms with E-state index in [4.69, 9.17) is 11.6 Å². The van der Waals surface area contributed by atoms with Gasteiger partial charge in [0.25, 0.3) is 0 Å². The lowest BCUT2D eigenvalue weighted by Gasteiger charge is -2.24. The van der Waals surface area contributed by atoms with Gasteiger partial charge in [0.15, 0.2) is 0 Å². The molecule has 3 rings (SSSR count). The van der Waals surface area contributed by atoms with Crippen LogP contribution < -0.4 is 10.2 Å². The number of hydrogen-bond acceptors (Lipinski definition) is 4. The molecular weight excluding hydrogens is 417 g/mol. The fourth-order valence-electron chi connectivity index (χ4n) is 3.50. The Kier molecular flexibility index (Phi) is 7.20. The molecule has 0 atom stereocenters. The van der Waals surface area contributed by atoms with Gasteiger partial charge in [0.2, 0.25) is 5.91 Å². The van der Waals surface area contributed by atoms with E-state index in [2.05, 4.69) is 10.3 Å². The number of amides is 1. The fourth-order valence-corrected chi connectivity index (χ4v) is 3.79. The number of carbonyl (C=O) groups excluding carboxylic acids is 1. The molecular formula is C21H24ClF3N4O. The van der Waals surface area contributed by atoms with Crippen molar-refractivity contribution in [3.63, 3.8) is 0 Å². The molecule has 0 aliphatic carbocycles. The zero-order chi connectivity index (χ0) is 21.7. The number of alkyl halides is 3. The van der Waals surface area contributed by atoms with E-state index in [1.54, 1.807) is 0 Å². The second-order valence-corrected chi connectivity index (χ2v) is 7.61. The van der Waals surface area contributed by atoms with E-state index in [1.165, 1.54) is 0 Å². The molecule has 2 heterocycles. The van der Waals surface area contributed by atoms with Crippen LogP contribution in [0.3, 0.4) is 0 Å². The summed E-state index contributed by atoms with van der Waals surface area (Å²) in [4.78, 5) is 20.3. The number of rotatable bonds is 5. The van der Waals surface area contributed by atoms with Crippen LogP contribution in [0.4, 0.5) is 24.7 Å². The average molecular weight is 441 g/mol. The summed E-state index contributed by atoms with van der Waals surface area (Å²) < 4.78 is 38.5. The van der Waals surface area contributed by atoms with Gasteiger partial charge in [-0.15, -0.1) is 0 Å². The van der Waals surface area contributed by atoms with Crippen LogP contribution in [0, 0.1) is 0 Å². The van der Waals surface area contributed by atoms with Crippen molar-refractivity contribution in [3.8, 4) is 0 Å². The van der Waals surface area contributed by atoms with Gasteiger partial charge in [-0.05, 0) is 30.5 Å². The first-order valence-electron chi connectivity index (χ1n) is 9.85. The van der Waals surface area contributed by atoms with Gasteiger partial charge in [-0.3, -0.25) is 9.69 Å². The summed E-state index contributed by atoms with van der Waals surface area (Å²) in [7, 11) is 0. The molecule has 1 saturated heterocycles. The molecule has 1 aromatic carbocycles. The lowest BCUT2D eigenvalue weighted by Crippen LogP contribution is -2.36. The van der Waals surface area contributed by atoms with E-state index in [-0.39, 0.29) is 17.5 Å². The van der Waals surface area contributed by atoms with Gasteiger partial charge < -0.3 is 10.2 Å². The maximum absolute atomic E-state index is 12.8. The number of pyridine rings is 1. The number of hydrogen-bond donors (Lipinski definition) is 1. The third kappa shape index (κ3) is 5.64. The third-order valence-electron chi connectivity index (χ3n) is 5.08. The van der Waals surface area contributed by atoms with Gasteiger partial charge in [-0.2, -0.15) is 13.2 Å². The predicted molar refractivity (Wildman–Crippen MR) is 112 cm³/mol. The Bertz CT molecular complexity index is 891. The van der Waals surface area contributed by atoms with E-state index < -0.39 is 11.7 Å². The van der Waals surface area contributed by atoms with Crippen LogP contribution in [0.2, 0.25) is 5.02 Å². The molecule has 30 heavy (non-hydrogen) atoms. The standard InChI is InChI=1S/C21H24ClF3N4O/c1-2-15-6-3-4-7-18(15)27-19(30)14-28-8-5-9-29(11-10-28)20-17(22)12-16(13-26-20)21(23,24)25/h3-4,6-7,12-13H,2,5,8-11,14H2,1H3,(H,27,30). The fraction of sp³-hybridized carbons (Fsp3) is 0.429. The Morgan fingerprint density at radius 3 is 2.67 bits per heavy atom. The number of halogens is 4. The largest absolute Gasteiger partial charge is 0.417 e. The third-order valence-corrected chi connectivity index (χ3v) is 5.35. The van der Waals surface area contributed by atoms with Crippen molar-refractivity contribution >= 4 is 29.0 Å². The maximum Gasteiger partial charge on any atom is 0.417 e. The van der Waals surface area contributed by atoms with E-state index in [9.17, 15) is 18.0 Å². The number of aryl methyl sites for hydroxylation is 1. The summed E-state index contributed by atoms with van der Waals surface area (Å²) in [5, 5.41) is 2.95. The number of nitrogens with zero attached hydrogens (tertiary/aromatic N) is 3. The van der Waals surface area contributed by atoms with Crippen molar-refractivity contribution in [3.05, 3.63) is 52.7 Å². The Balaban J connectivity index is 1.59. The summed E-state index contributed by atoms with van der Waals surface area (Å²) in [5.41, 5.74) is 1.04. The minimum absolute atomic E-state index is 0.0211. The molecule has 162 valence electrons. The lowest BCUT2D eigenvalue weighted by molar-refractivity contribution is -0.137. The molecule has 1 aliphatic rings. The molecule has 1 N–H and O–H groups in total. The Morgan fingerprint density at radius 1 is 1.20 bits per heavy atom. The van der Waals surface area contributed by atoms with E-state index in [0.717, 1.165) is 36.4 Å². The van der Waals surface area contributed by atoms with Crippen molar-refractivity contribution in [2.75, 3.05) is 42.9 Å². The summed E-state index contributed by atoms with van der Waals surface area (Å²) in [6, 6.07) is 8.61. The van der Waals surface area contributed by atoms with E-state index in [1.807, 2.05) is 41.0 Å². The molecule has 1 aromatic heterocycles. The topological polar surface area (TPSA) is 48.5 Å². The number of nitrogens with one attached hydrogen (secondary N) is 1. The molecule has 1 aliphatic heterocycles. The lowest BCUT2D eigenvalue weighted by atomic mass is 10.1. The summed E-state index contributed by atoms with van der Waals surface area (Å²) in [6.45, 7) is 4.71. The van der Waals surface area contributed by atoms with Crippen molar-refractivity contribution in [1.29, 1.82) is 0 Å².